The highest BCUT2D eigenvalue weighted by molar-refractivity contribution is 9.10. The van der Waals surface area contributed by atoms with Crippen LogP contribution in [0.1, 0.15) is 11.1 Å². The molecular formula is C14H10BrF3N2O. The van der Waals surface area contributed by atoms with Crippen molar-refractivity contribution in [3.05, 3.63) is 58.1 Å². The molecular weight excluding hydrogens is 349 g/mol. The fourth-order valence-electron chi connectivity index (χ4n) is 1.64. The van der Waals surface area contributed by atoms with Gasteiger partial charge in [0.2, 0.25) is 0 Å². The van der Waals surface area contributed by atoms with Gasteiger partial charge in [-0.25, -0.2) is 0 Å². The lowest BCUT2D eigenvalue weighted by Gasteiger charge is -2.12. The first-order valence-electron chi connectivity index (χ1n) is 5.76. The van der Waals surface area contributed by atoms with Gasteiger partial charge in [-0.15, -0.1) is 0 Å². The molecule has 21 heavy (non-hydrogen) atoms. The van der Waals surface area contributed by atoms with Crippen LogP contribution in [-0.2, 0) is 6.18 Å². The minimum absolute atomic E-state index is 0.196. The first-order valence-corrected chi connectivity index (χ1v) is 6.56. The Morgan fingerprint density at radius 2 is 1.71 bits per heavy atom. The lowest BCUT2D eigenvalue weighted by atomic mass is 10.2. The number of hydrogen-bond acceptors (Lipinski definition) is 2. The molecule has 0 bridgehead atoms. The monoisotopic (exact) mass is 358 g/mol. The second kappa shape index (κ2) is 5.77. The average molecular weight is 359 g/mol. The van der Waals surface area contributed by atoms with Gasteiger partial charge in [-0.05, 0) is 42.5 Å². The molecule has 0 spiro atoms. The van der Waals surface area contributed by atoms with Gasteiger partial charge in [0, 0.05) is 4.47 Å². The van der Waals surface area contributed by atoms with Gasteiger partial charge in [0.25, 0.3) is 0 Å². The first-order chi connectivity index (χ1) is 9.77. The van der Waals surface area contributed by atoms with Gasteiger partial charge < -0.3 is 10.5 Å². The van der Waals surface area contributed by atoms with E-state index < -0.39 is 11.7 Å². The summed E-state index contributed by atoms with van der Waals surface area (Å²) in [5.74, 6) is 0.330. The highest BCUT2D eigenvalue weighted by atomic mass is 79.9. The van der Waals surface area contributed by atoms with Crippen LogP contribution in [-0.4, -0.2) is 5.84 Å². The third kappa shape index (κ3) is 3.75. The maximum absolute atomic E-state index is 12.5. The van der Waals surface area contributed by atoms with Crippen LogP contribution in [0, 0.1) is 5.41 Å². The smallest absolute Gasteiger partial charge is 0.416 e. The Balaban J connectivity index is 2.28. The molecule has 2 aromatic carbocycles. The predicted octanol–water partition coefficient (Wildman–Crippen LogP) is 4.54. The molecule has 0 aliphatic rings. The Morgan fingerprint density at radius 1 is 1.10 bits per heavy atom. The summed E-state index contributed by atoms with van der Waals surface area (Å²) in [5.41, 5.74) is 5.05. The second-order valence-corrected chi connectivity index (χ2v) is 5.09. The van der Waals surface area contributed by atoms with Crippen molar-refractivity contribution >= 4 is 21.8 Å². The molecule has 0 radical (unpaired) electrons. The average Bonchev–Trinajstić information content (AvgIpc) is 2.40. The lowest BCUT2D eigenvalue weighted by Crippen LogP contribution is -2.12. The summed E-state index contributed by atoms with van der Waals surface area (Å²) in [5, 5.41) is 7.48. The molecule has 0 fully saturated rings. The molecule has 3 N–H and O–H groups in total. The molecule has 0 atom stereocenters. The Hall–Kier alpha value is -2.02. The molecule has 2 aromatic rings. The van der Waals surface area contributed by atoms with Gasteiger partial charge in [-0.3, -0.25) is 5.41 Å². The maximum atomic E-state index is 12.5. The Labute approximate surface area is 127 Å². The van der Waals surface area contributed by atoms with E-state index in [0.29, 0.717) is 15.8 Å². The fraction of sp³-hybridized carbons (Fsp3) is 0.0714. The van der Waals surface area contributed by atoms with Gasteiger partial charge in [-0.1, -0.05) is 15.9 Å². The number of benzene rings is 2. The third-order valence-electron chi connectivity index (χ3n) is 2.64. The normalized spacial score (nSPS) is 11.2. The molecule has 110 valence electrons. The molecule has 0 saturated carbocycles. The van der Waals surface area contributed by atoms with Crippen LogP contribution in [0.4, 0.5) is 13.2 Å². The van der Waals surface area contributed by atoms with Gasteiger partial charge in [0.1, 0.15) is 17.3 Å². The number of amidine groups is 1. The molecule has 0 unspecified atom stereocenters. The van der Waals surface area contributed by atoms with Gasteiger partial charge in [0.05, 0.1) is 11.1 Å². The number of alkyl halides is 3. The van der Waals surface area contributed by atoms with E-state index in [1.54, 1.807) is 18.2 Å². The minimum atomic E-state index is -4.39. The topological polar surface area (TPSA) is 59.1 Å². The van der Waals surface area contributed by atoms with E-state index in [1.807, 2.05) is 0 Å². The van der Waals surface area contributed by atoms with Crippen molar-refractivity contribution in [3.8, 4) is 11.5 Å². The molecule has 2 rings (SSSR count). The number of halogens is 4. The fourth-order valence-corrected chi connectivity index (χ4v) is 2.00. The SMILES string of the molecule is N=C(N)c1cc(Br)ccc1Oc1ccc(C(F)(F)F)cc1. The molecule has 0 aliphatic heterocycles. The van der Waals surface area contributed by atoms with E-state index >= 15 is 0 Å². The van der Waals surface area contributed by atoms with E-state index in [-0.39, 0.29) is 11.6 Å². The minimum Gasteiger partial charge on any atom is -0.457 e. The highest BCUT2D eigenvalue weighted by Gasteiger charge is 2.30. The summed E-state index contributed by atoms with van der Waals surface area (Å²) in [7, 11) is 0. The molecule has 3 nitrogen and oxygen atoms in total. The van der Waals surface area contributed by atoms with Crippen molar-refractivity contribution in [2.75, 3.05) is 0 Å². The zero-order chi connectivity index (χ0) is 15.6. The lowest BCUT2D eigenvalue weighted by molar-refractivity contribution is -0.137. The van der Waals surface area contributed by atoms with Crippen molar-refractivity contribution in [3.63, 3.8) is 0 Å². The molecule has 7 heteroatoms. The van der Waals surface area contributed by atoms with E-state index in [9.17, 15) is 13.2 Å². The highest BCUT2D eigenvalue weighted by Crippen LogP contribution is 2.32. The van der Waals surface area contributed by atoms with Crippen molar-refractivity contribution in [1.82, 2.24) is 0 Å². The number of rotatable bonds is 3. The van der Waals surface area contributed by atoms with Crippen LogP contribution in [0.25, 0.3) is 0 Å². The standard InChI is InChI=1S/C14H10BrF3N2O/c15-9-3-6-12(11(7-9)13(19)20)21-10-4-1-8(2-5-10)14(16,17)18/h1-7H,(H3,19,20). The van der Waals surface area contributed by atoms with Crippen molar-refractivity contribution in [1.29, 1.82) is 5.41 Å². The van der Waals surface area contributed by atoms with E-state index in [2.05, 4.69) is 15.9 Å². The molecule has 0 amide bonds. The largest absolute Gasteiger partial charge is 0.457 e. The quantitative estimate of drug-likeness (QED) is 0.624. The molecule has 0 aliphatic carbocycles. The van der Waals surface area contributed by atoms with E-state index in [0.717, 1.165) is 12.1 Å². The summed E-state index contributed by atoms with van der Waals surface area (Å²) < 4.78 is 43.6. The zero-order valence-electron chi connectivity index (χ0n) is 10.5. The summed E-state index contributed by atoms with van der Waals surface area (Å²) in [6.07, 6.45) is -4.39. The van der Waals surface area contributed by atoms with Crippen molar-refractivity contribution < 1.29 is 17.9 Å². The Morgan fingerprint density at radius 3 is 2.24 bits per heavy atom. The van der Waals surface area contributed by atoms with Crippen LogP contribution >= 0.6 is 15.9 Å². The van der Waals surface area contributed by atoms with Crippen molar-refractivity contribution in [2.24, 2.45) is 5.73 Å². The number of hydrogen-bond donors (Lipinski definition) is 2. The zero-order valence-corrected chi connectivity index (χ0v) is 12.1. The third-order valence-corrected chi connectivity index (χ3v) is 3.13. The summed E-state index contributed by atoms with van der Waals surface area (Å²) >= 11 is 3.25. The summed E-state index contributed by atoms with van der Waals surface area (Å²) in [6.45, 7) is 0. The van der Waals surface area contributed by atoms with Crippen molar-refractivity contribution in [2.45, 2.75) is 6.18 Å². The van der Waals surface area contributed by atoms with Gasteiger partial charge >= 0.3 is 6.18 Å². The summed E-state index contributed by atoms with van der Waals surface area (Å²) in [4.78, 5) is 0. The van der Waals surface area contributed by atoms with Gasteiger partial charge in [0.15, 0.2) is 0 Å². The Kier molecular flexibility index (Phi) is 4.22. The summed E-state index contributed by atoms with van der Waals surface area (Å²) in [6, 6.07) is 9.17. The molecule has 0 aromatic heterocycles. The molecule has 0 heterocycles. The van der Waals surface area contributed by atoms with Gasteiger partial charge in [-0.2, -0.15) is 13.2 Å². The second-order valence-electron chi connectivity index (χ2n) is 4.18. The first kappa shape index (κ1) is 15.4. The van der Waals surface area contributed by atoms with E-state index in [1.165, 1.54) is 12.1 Å². The van der Waals surface area contributed by atoms with E-state index in [4.69, 9.17) is 15.9 Å². The predicted molar refractivity (Wildman–Crippen MR) is 76.7 cm³/mol. The van der Waals surface area contributed by atoms with Crippen LogP contribution in [0.5, 0.6) is 11.5 Å². The Bertz CT molecular complexity index is 669. The van der Waals surface area contributed by atoms with Crippen LogP contribution in [0.3, 0.4) is 0 Å². The number of ether oxygens (including phenoxy) is 1. The molecule has 0 saturated heterocycles. The number of nitrogens with two attached hydrogens (primary N) is 1. The van der Waals surface area contributed by atoms with Crippen LogP contribution < -0.4 is 10.5 Å². The van der Waals surface area contributed by atoms with Crippen LogP contribution in [0.15, 0.2) is 46.9 Å². The number of nitrogen functional groups attached to an aromatic ring is 1. The maximum Gasteiger partial charge on any atom is 0.416 e. The van der Waals surface area contributed by atoms with Crippen LogP contribution in [0.2, 0.25) is 0 Å². The number of nitrogens with one attached hydrogen (secondary N) is 1.